The van der Waals surface area contributed by atoms with Crippen molar-refractivity contribution in [1.82, 2.24) is 4.90 Å². The Morgan fingerprint density at radius 2 is 1.43 bits per heavy atom. The monoisotopic (exact) mass is 499 g/mol. The van der Waals surface area contributed by atoms with Gasteiger partial charge in [0.1, 0.15) is 24.2 Å². The number of piperidine rings is 1. The maximum atomic E-state index is 11.4. The maximum absolute atomic E-state index is 11.4. The second kappa shape index (κ2) is 13.2. The number of likely N-dealkylation sites (tertiary alicyclic amines) is 1. The van der Waals surface area contributed by atoms with Crippen molar-refractivity contribution in [2.45, 2.75) is 45.6 Å². The van der Waals surface area contributed by atoms with Crippen LogP contribution in [-0.4, -0.2) is 48.3 Å². The third-order valence-electron chi connectivity index (χ3n) is 6.69. The minimum atomic E-state index is -0.506. The fourth-order valence-corrected chi connectivity index (χ4v) is 4.94. The summed E-state index contributed by atoms with van der Waals surface area (Å²) in [4.78, 5) is 13.7. The van der Waals surface area contributed by atoms with Gasteiger partial charge in [-0.15, -0.1) is 0 Å². The number of carbonyl (C=O) groups is 1. The molecule has 194 valence electrons. The van der Waals surface area contributed by atoms with Crippen LogP contribution in [0.15, 0.2) is 78.9 Å². The highest BCUT2D eigenvalue weighted by Gasteiger charge is 2.16. The van der Waals surface area contributed by atoms with Crippen molar-refractivity contribution in [2.24, 2.45) is 0 Å². The first-order chi connectivity index (χ1) is 18.0. The number of nitrogens with zero attached hydrogens (tertiary/aromatic N) is 1. The molecule has 1 saturated heterocycles. The highest BCUT2D eigenvalue weighted by molar-refractivity contribution is 5.98. The van der Waals surface area contributed by atoms with Gasteiger partial charge < -0.3 is 19.5 Å². The molecule has 0 bridgehead atoms. The van der Waals surface area contributed by atoms with Gasteiger partial charge in [0.05, 0.1) is 0 Å². The van der Waals surface area contributed by atoms with Crippen LogP contribution in [0.3, 0.4) is 0 Å². The number of carbonyl (C=O) groups excluding carboxylic acids is 1. The Morgan fingerprint density at radius 3 is 2.00 bits per heavy atom. The smallest absolute Gasteiger partial charge is 0.308 e. The molecule has 5 nitrogen and oxygen atoms in total. The summed E-state index contributed by atoms with van der Waals surface area (Å²) >= 11 is 0. The second-order valence-electron chi connectivity index (χ2n) is 9.54. The van der Waals surface area contributed by atoms with Crippen LogP contribution in [0, 0.1) is 0 Å². The zero-order valence-electron chi connectivity index (χ0n) is 21.9. The highest BCUT2D eigenvalue weighted by atomic mass is 16.5. The van der Waals surface area contributed by atoms with Crippen LogP contribution >= 0.6 is 0 Å². The number of esters is 1. The molecule has 37 heavy (non-hydrogen) atoms. The molecule has 0 saturated carbocycles. The summed E-state index contributed by atoms with van der Waals surface area (Å²) in [6.45, 7) is 6.62. The van der Waals surface area contributed by atoms with E-state index in [2.05, 4.69) is 48.2 Å². The van der Waals surface area contributed by atoms with Crippen LogP contribution in [0.4, 0.5) is 0 Å². The van der Waals surface area contributed by atoms with E-state index in [1.54, 1.807) is 0 Å². The predicted molar refractivity (Wildman–Crippen MR) is 149 cm³/mol. The minimum Gasteiger partial charge on any atom is -0.491 e. The van der Waals surface area contributed by atoms with E-state index in [4.69, 9.17) is 9.47 Å². The molecule has 1 aliphatic rings. The van der Waals surface area contributed by atoms with Gasteiger partial charge in [-0.25, -0.2) is 0 Å². The van der Waals surface area contributed by atoms with Crippen molar-refractivity contribution in [3.05, 3.63) is 95.6 Å². The molecule has 0 aromatic heterocycles. The molecule has 4 rings (SSSR count). The number of allylic oxidation sites excluding steroid dienone is 1. The molecule has 1 fully saturated rings. The first kappa shape index (κ1) is 26.6. The molecule has 3 aromatic rings. The Morgan fingerprint density at radius 1 is 0.838 bits per heavy atom. The summed E-state index contributed by atoms with van der Waals surface area (Å²) < 4.78 is 11.2. The topological polar surface area (TPSA) is 59.0 Å². The third-order valence-corrected chi connectivity index (χ3v) is 6.69. The van der Waals surface area contributed by atoms with E-state index in [0.717, 1.165) is 42.0 Å². The first-order valence-corrected chi connectivity index (χ1v) is 13.2. The summed E-state index contributed by atoms with van der Waals surface area (Å²) in [6, 6.07) is 26.1. The van der Waals surface area contributed by atoms with E-state index in [0.29, 0.717) is 12.3 Å². The maximum Gasteiger partial charge on any atom is 0.308 e. The van der Waals surface area contributed by atoms with Gasteiger partial charge >= 0.3 is 5.97 Å². The minimum absolute atomic E-state index is 0.278. The Bertz CT molecular complexity index is 1160. The molecule has 5 heteroatoms. The number of aliphatic hydroxyl groups is 1. The van der Waals surface area contributed by atoms with Gasteiger partial charge in [0.25, 0.3) is 0 Å². The van der Waals surface area contributed by atoms with Crippen molar-refractivity contribution >= 4 is 17.1 Å². The van der Waals surface area contributed by atoms with Crippen molar-refractivity contribution in [3.8, 4) is 11.5 Å². The van der Waals surface area contributed by atoms with Gasteiger partial charge in [-0.3, -0.25) is 4.79 Å². The molecular weight excluding hydrogens is 462 g/mol. The summed E-state index contributed by atoms with van der Waals surface area (Å²) in [5.41, 5.74) is 5.64. The van der Waals surface area contributed by atoms with E-state index in [9.17, 15) is 9.90 Å². The quantitative estimate of drug-likeness (QED) is 0.204. The summed E-state index contributed by atoms with van der Waals surface area (Å²) in [5.74, 6) is 0.933. The molecular formula is C32H37NO4. The SMILES string of the molecule is CCC(=C(c1ccc(OCC(O)CN2CCCCC2)cc1)c1ccc(OC(C)=O)cc1)c1ccccc1. The number of hydrogen-bond donors (Lipinski definition) is 1. The predicted octanol–water partition coefficient (Wildman–Crippen LogP) is 6.21. The van der Waals surface area contributed by atoms with Gasteiger partial charge in [0.2, 0.25) is 0 Å². The standard InChI is InChI=1S/C32H37NO4/c1-3-31(25-10-6-4-7-11-25)32(27-14-18-30(19-15-27)37-24(2)34)26-12-16-29(17-13-26)36-23-28(35)22-33-20-8-5-9-21-33/h4,6-7,10-19,28,35H,3,5,8-9,20-23H2,1-2H3. The lowest BCUT2D eigenvalue weighted by atomic mass is 9.88. The van der Waals surface area contributed by atoms with Gasteiger partial charge in [-0.2, -0.15) is 0 Å². The molecule has 0 aliphatic carbocycles. The lowest BCUT2D eigenvalue weighted by Gasteiger charge is -2.28. The van der Waals surface area contributed by atoms with Crippen LogP contribution in [0.5, 0.6) is 11.5 Å². The van der Waals surface area contributed by atoms with Crippen LogP contribution in [0.2, 0.25) is 0 Å². The Kier molecular flexibility index (Phi) is 9.52. The summed E-state index contributed by atoms with van der Waals surface area (Å²) in [5, 5.41) is 10.5. The normalized spacial score (nSPS) is 15.5. The average Bonchev–Trinajstić information content (AvgIpc) is 2.92. The molecule has 0 amide bonds. The number of benzene rings is 3. The zero-order valence-corrected chi connectivity index (χ0v) is 21.9. The molecule has 1 aliphatic heterocycles. The van der Waals surface area contributed by atoms with Gasteiger partial charge in [0, 0.05) is 13.5 Å². The molecule has 0 spiro atoms. The zero-order chi connectivity index (χ0) is 26.0. The molecule has 1 heterocycles. The molecule has 0 radical (unpaired) electrons. The third kappa shape index (κ3) is 7.54. The van der Waals surface area contributed by atoms with Crippen molar-refractivity contribution < 1.29 is 19.4 Å². The van der Waals surface area contributed by atoms with Crippen LogP contribution in [-0.2, 0) is 4.79 Å². The van der Waals surface area contributed by atoms with E-state index in [1.165, 1.54) is 37.3 Å². The highest BCUT2D eigenvalue weighted by Crippen LogP contribution is 2.35. The summed E-state index contributed by atoms with van der Waals surface area (Å²) in [7, 11) is 0. The molecule has 3 aromatic carbocycles. The molecule has 1 unspecified atom stereocenters. The number of rotatable bonds is 10. The number of aliphatic hydroxyl groups excluding tert-OH is 1. The second-order valence-corrected chi connectivity index (χ2v) is 9.54. The fraction of sp³-hybridized carbons (Fsp3) is 0.344. The van der Waals surface area contributed by atoms with E-state index < -0.39 is 6.10 Å². The Hall–Kier alpha value is -3.41. The van der Waals surface area contributed by atoms with E-state index in [1.807, 2.05) is 42.5 Å². The van der Waals surface area contributed by atoms with Crippen LogP contribution < -0.4 is 9.47 Å². The van der Waals surface area contributed by atoms with Gasteiger partial charge in [-0.05, 0) is 84.5 Å². The Labute approximate surface area is 220 Å². The Balaban J connectivity index is 1.56. The van der Waals surface area contributed by atoms with Crippen molar-refractivity contribution in [3.63, 3.8) is 0 Å². The van der Waals surface area contributed by atoms with Gasteiger partial charge in [0.15, 0.2) is 0 Å². The average molecular weight is 500 g/mol. The van der Waals surface area contributed by atoms with Crippen LogP contribution in [0.25, 0.3) is 11.1 Å². The van der Waals surface area contributed by atoms with Crippen LogP contribution in [0.1, 0.15) is 56.2 Å². The fourth-order valence-electron chi connectivity index (χ4n) is 4.94. The van der Waals surface area contributed by atoms with Crippen molar-refractivity contribution in [2.75, 3.05) is 26.2 Å². The number of β-amino-alcohol motifs (C(OH)–C–C–N with tert-alkyl or cyclic N) is 1. The molecule has 1 N–H and O–H groups in total. The number of hydrogen-bond acceptors (Lipinski definition) is 5. The number of ether oxygens (including phenoxy) is 2. The lowest BCUT2D eigenvalue weighted by molar-refractivity contribution is -0.131. The first-order valence-electron chi connectivity index (χ1n) is 13.2. The van der Waals surface area contributed by atoms with Crippen molar-refractivity contribution in [1.29, 1.82) is 0 Å². The largest absolute Gasteiger partial charge is 0.491 e. The lowest BCUT2D eigenvalue weighted by Crippen LogP contribution is -2.38. The molecule has 1 atom stereocenters. The van der Waals surface area contributed by atoms with Gasteiger partial charge in [-0.1, -0.05) is 67.9 Å². The summed E-state index contributed by atoms with van der Waals surface area (Å²) in [6.07, 6.45) is 4.05. The van der Waals surface area contributed by atoms with E-state index >= 15 is 0 Å². The van der Waals surface area contributed by atoms with E-state index in [-0.39, 0.29) is 12.6 Å².